The Bertz CT molecular complexity index is 103. The van der Waals surface area contributed by atoms with E-state index in [4.69, 9.17) is 0 Å². The van der Waals surface area contributed by atoms with Crippen LogP contribution in [-0.4, -0.2) is 0 Å². The van der Waals surface area contributed by atoms with Crippen LogP contribution in [0.4, 0.5) is 0 Å². The van der Waals surface area contributed by atoms with Gasteiger partial charge in [0.1, 0.15) is 0 Å². The summed E-state index contributed by atoms with van der Waals surface area (Å²) in [5.74, 6) is 1.05. The summed E-state index contributed by atoms with van der Waals surface area (Å²) in [6, 6.07) is 0. The lowest BCUT2D eigenvalue weighted by Crippen LogP contribution is -1.55. The van der Waals surface area contributed by atoms with Crippen molar-refractivity contribution in [2.24, 2.45) is 5.92 Å². The molecule has 5 heavy (non-hydrogen) atoms. The van der Waals surface area contributed by atoms with Gasteiger partial charge >= 0.3 is 0 Å². The van der Waals surface area contributed by atoms with Gasteiger partial charge in [-0.3, -0.25) is 0 Å². The van der Waals surface area contributed by atoms with Gasteiger partial charge in [0.2, 0.25) is 0 Å². The van der Waals surface area contributed by atoms with Gasteiger partial charge in [-0.05, 0) is 13.3 Å². The molecule has 0 N–H and O–H groups in total. The Morgan fingerprint density at radius 2 is 2.20 bits per heavy atom. The second kappa shape index (κ2) is 0.296. The molecule has 1 fully saturated rings. The quantitative estimate of drug-likeness (QED) is 0.374. The molecule has 0 aromatic carbocycles. The van der Waals surface area contributed by atoms with E-state index in [2.05, 4.69) is 6.92 Å². The lowest BCUT2D eigenvalue weighted by Gasteiger charge is -1.70. The van der Waals surface area contributed by atoms with Crippen molar-refractivity contribution >= 4 is 0 Å². The van der Waals surface area contributed by atoms with Crippen molar-refractivity contribution in [3.05, 3.63) is 11.1 Å². The van der Waals surface area contributed by atoms with E-state index in [1.807, 2.05) is 0 Å². The topological polar surface area (TPSA) is 0 Å². The average molecular weight is 66.1 g/mol. The average Bonchev–Trinajstić information content (AvgIpc) is 2.11. The van der Waals surface area contributed by atoms with Crippen LogP contribution in [0.5, 0.6) is 0 Å². The third kappa shape index (κ3) is 0.0822. The molecule has 0 nitrogen and oxygen atoms in total. The van der Waals surface area contributed by atoms with Gasteiger partial charge in [-0.25, -0.2) is 0 Å². The highest BCUT2D eigenvalue weighted by Crippen LogP contribution is 2.61. The van der Waals surface area contributed by atoms with Crippen molar-refractivity contribution in [2.45, 2.75) is 13.3 Å². The number of hydrogen-bond donors (Lipinski definition) is 0. The van der Waals surface area contributed by atoms with Crippen LogP contribution in [0, 0.1) is 5.92 Å². The third-order valence-corrected chi connectivity index (χ3v) is 1.63. The number of rotatable bonds is 0. The Morgan fingerprint density at radius 1 is 1.80 bits per heavy atom. The molecule has 0 bridgehead atoms. The monoisotopic (exact) mass is 66.0 g/mol. The summed E-state index contributed by atoms with van der Waals surface area (Å²) in [5, 5.41) is 0. The maximum Gasteiger partial charge on any atom is 0.00477 e. The first kappa shape index (κ1) is 2.01. The zero-order valence-electron chi connectivity index (χ0n) is 3.28. The van der Waals surface area contributed by atoms with Crippen molar-refractivity contribution in [1.82, 2.24) is 0 Å². The number of fused-ring (bicyclic) bond motifs is 1. The molecule has 0 spiro atoms. The van der Waals surface area contributed by atoms with Gasteiger partial charge in [0, 0.05) is 5.92 Å². The molecule has 2 aliphatic carbocycles. The Kier molecular flexibility index (Phi) is 0.119. The molecule has 2 rings (SSSR count). The molecular weight excluding hydrogens is 60.1 g/mol. The maximum atomic E-state index is 2.23. The number of allylic oxidation sites excluding steroid dienone is 2. The van der Waals surface area contributed by atoms with Crippen LogP contribution in [0.25, 0.3) is 0 Å². The van der Waals surface area contributed by atoms with Gasteiger partial charge in [0.05, 0.1) is 0 Å². The molecule has 1 saturated carbocycles. The first-order valence-electron chi connectivity index (χ1n) is 2.09. The fraction of sp³-hybridized carbons (Fsp3) is 0.600. The van der Waals surface area contributed by atoms with Crippen LogP contribution in [0.1, 0.15) is 13.3 Å². The van der Waals surface area contributed by atoms with Crippen LogP contribution in [0.2, 0.25) is 0 Å². The van der Waals surface area contributed by atoms with E-state index in [0.29, 0.717) is 0 Å². The molecular formula is C5H6. The summed E-state index contributed by atoms with van der Waals surface area (Å²) >= 11 is 0. The van der Waals surface area contributed by atoms with E-state index in [0.717, 1.165) is 5.92 Å². The molecule has 0 aromatic rings. The lowest BCUT2D eigenvalue weighted by molar-refractivity contribution is 1.11. The SMILES string of the molecule is CC1=C2CC12. The van der Waals surface area contributed by atoms with Gasteiger partial charge in [0.25, 0.3) is 0 Å². The summed E-state index contributed by atoms with van der Waals surface area (Å²) in [7, 11) is 0. The zero-order chi connectivity index (χ0) is 3.44. The predicted octanol–water partition coefficient (Wildman–Crippen LogP) is 1.34. The van der Waals surface area contributed by atoms with Crippen LogP contribution >= 0.6 is 0 Å². The first-order valence-corrected chi connectivity index (χ1v) is 2.09. The highest BCUT2D eigenvalue weighted by molar-refractivity contribution is 5.54. The van der Waals surface area contributed by atoms with E-state index < -0.39 is 0 Å². The minimum atomic E-state index is 1.05. The third-order valence-electron chi connectivity index (χ3n) is 1.63. The van der Waals surface area contributed by atoms with Crippen LogP contribution in [0.15, 0.2) is 11.1 Å². The summed E-state index contributed by atoms with van der Waals surface area (Å²) in [5.41, 5.74) is 3.44. The van der Waals surface area contributed by atoms with E-state index >= 15 is 0 Å². The van der Waals surface area contributed by atoms with E-state index in [-0.39, 0.29) is 0 Å². The summed E-state index contributed by atoms with van der Waals surface area (Å²) in [6.07, 6.45) is 1.45. The van der Waals surface area contributed by atoms with Crippen molar-refractivity contribution < 1.29 is 0 Å². The Hall–Kier alpha value is -0.260. The molecule has 0 aliphatic heterocycles. The van der Waals surface area contributed by atoms with E-state index in [9.17, 15) is 0 Å². The largest absolute Gasteiger partial charge is 0.0660 e. The second-order valence-corrected chi connectivity index (χ2v) is 1.96. The minimum absolute atomic E-state index is 1.05. The molecule has 0 aromatic heterocycles. The molecule has 0 amide bonds. The van der Waals surface area contributed by atoms with Crippen LogP contribution in [0.3, 0.4) is 0 Å². The van der Waals surface area contributed by atoms with Crippen molar-refractivity contribution in [3.8, 4) is 0 Å². The lowest BCUT2D eigenvalue weighted by atomic mass is 10.3. The fourth-order valence-corrected chi connectivity index (χ4v) is 0.802. The second-order valence-electron chi connectivity index (χ2n) is 1.96. The molecule has 0 radical (unpaired) electrons. The zero-order valence-corrected chi connectivity index (χ0v) is 3.28. The van der Waals surface area contributed by atoms with Crippen LogP contribution in [-0.2, 0) is 0 Å². The molecule has 0 saturated heterocycles. The summed E-state index contributed by atoms with van der Waals surface area (Å²) < 4.78 is 0. The Morgan fingerprint density at radius 3 is 2.20 bits per heavy atom. The van der Waals surface area contributed by atoms with E-state index in [1.54, 1.807) is 11.1 Å². The van der Waals surface area contributed by atoms with Gasteiger partial charge in [-0.2, -0.15) is 0 Å². The standard InChI is InChI=1S/C5H6/c1-3-4-2-5(3)4/h4H,2H2,1H3. The fourth-order valence-electron chi connectivity index (χ4n) is 0.802. The van der Waals surface area contributed by atoms with Crippen molar-refractivity contribution in [3.63, 3.8) is 0 Å². The van der Waals surface area contributed by atoms with Crippen molar-refractivity contribution in [2.75, 3.05) is 0 Å². The van der Waals surface area contributed by atoms with E-state index in [1.165, 1.54) is 6.42 Å². The highest BCUT2D eigenvalue weighted by atomic mass is 14.5. The normalized spacial score (nSPS) is 41.4. The molecule has 26 valence electrons. The molecule has 1 atom stereocenters. The van der Waals surface area contributed by atoms with Crippen LogP contribution < -0.4 is 0 Å². The summed E-state index contributed by atoms with van der Waals surface area (Å²) in [4.78, 5) is 0. The van der Waals surface area contributed by atoms with Gasteiger partial charge in [-0.15, -0.1) is 0 Å². The Balaban J connectivity index is 2.55. The van der Waals surface area contributed by atoms with Crippen molar-refractivity contribution in [1.29, 1.82) is 0 Å². The molecule has 2 aliphatic rings. The molecule has 0 heterocycles. The van der Waals surface area contributed by atoms with Gasteiger partial charge < -0.3 is 0 Å². The maximum absolute atomic E-state index is 2.23. The number of hydrogen-bond acceptors (Lipinski definition) is 0. The highest BCUT2D eigenvalue weighted by Gasteiger charge is 2.47. The smallest absolute Gasteiger partial charge is 0.00477 e. The predicted molar refractivity (Wildman–Crippen MR) is 20.8 cm³/mol. The molecule has 0 heteroatoms. The Labute approximate surface area is 31.5 Å². The molecule has 1 unspecified atom stereocenters. The van der Waals surface area contributed by atoms with Gasteiger partial charge in [-0.1, -0.05) is 11.1 Å². The first-order chi connectivity index (χ1) is 2.39. The minimum Gasteiger partial charge on any atom is -0.0660 e. The van der Waals surface area contributed by atoms with Gasteiger partial charge in [0.15, 0.2) is 0 Å². The summed E-state index contributed by atoms with van der Waals surface area (Å²) in [6.45, 7) is 2.23.